The molecule has 0 spiro atoms. The van der Waals surface area contributed by atoms with Gasteiger partial charge in [-0.1, -0.05) is 0 Å². The Morgan fingerprint density at radius 2 is 2.20 bits per heavy atom. The zero-order chi connectivity index (χ0) is 17.2. The Labute approximate surface area is 144 Å². The predicted molar refractivity (Wildman–Crippen MR) is 87.7 cm³/mol. The molecule has 3 heterocycles. The van der Waals surface area contributed by atoms with Crippen LogP contribution < -0.4 is 14.4 Å². The number of pyridine rings is 1. The van der Waals surface area contributed by atoms with Gasteiger partial charge in [0.05, 0.1) is 25.4 Å². The zero-order valence-electron chi connectivity index (χ0n) is 13.5. The minimum atomic E-state index is -0.415. The van der Waals surface area contributed by atoms with Gasteiger partial charge < -0.3 is 19.1 Å². The molecule has 0 N–H and O–H groups in total. The molecule has 2 aromatic rings. The first-order valence-electron chi connectivity index (χ1n) is 8.15. The molecule has 0 saturated carbocycles. The van der Waals surface area contributed by atoms with Gasteiger partial charge in [-0.2, -0.15) is 0 Å². The maximum absolute atomic E-state index is 13.6. The van der Waals surface area contributed by atoms with Crippen molar-refractivity contribution >= 4 is 11.6 Å². The zero-order valence-corrected chi connectivity index (χ0v) is 13.5. The second-order valence-corrected chi connectivity index (χ2v) is 5.90. The molecule has 6 nitrogen and oxygen atoms in total. The quantitative estimate of drug-likeness (QED) is 0.856. The summed E-state index contributed by atoms with van der Waals surface area (Å²) in [6, 6.07) is 7.38. The summed E-state index contributed by atoms with van der Waals surface area (Å²) >= 11 is 0. The molecule has 2 aliphatic heterocycles. The van der Waals surface area contributed by atoms with Crippen LogP contribution in [0.25, 0.3) is 0 Å². The van der Waals surface area contributed by atoms with Crippen molar-refractivity contribution in [3.63, 3.8) is 0 Å². The molecule has 0 radical (unpaired) electrons. The van der Waals surface area contributed by atoms with Crippen molar-refractivity contribution in [3.05, 3.63) is 47.9 Å². The lowest BCUT2D eigenvalue weighted by atomic mass is 10.1. The largest absolute Gasteiger partial charge is 0.490 e. The highest BCUT2D eigenvalue weighted by Gasteiger charge is 2.26. The van der Waals surface area contributed by atoms with E-state index in [1.54, 1.807) is 12.1 Å². The summed E-state index contributed by atoms with van der Waals surface area (Å²) in [5.41, 5.74) is 0.862. The first-order chi connectivity index (χ1) is 12.2. The van der Waals surface area contributed by atoms with Crippen LogP contribution in [0.4, 0.5) is 10.1 Å². The number of carbonyl (C=O) groups is 1. The lowest BCUT2D eigenvalue weighted by Gasteiger charge is -2.29. The van der Waals surface area contributed by atoms with Crippen LogP contribution in [0.3, 0.4) is 0 Å². The number of aromatic nitrogens is 1. The number of rotatable bonds is 3. The standard InChI is InChI=1S/C18H17FN2O4/c19-13-1-2-16-15(10-13)21(6-8-24-16)18(22)12-3-5-20-17(9-12)25-14-4-7-23-11-14/h1-3,5,9-10,14H,4,6-8,11H2/t14-/m1/s1. The van der Waals surface area contributed by atoms with Crippen molar-refractivity contribution in [1.82, 2.24) is 4.98 Å². The predicted octanol–water partition coefficient (Wildman–Crippen LogP) is 2.43. The Morgan fingerprint density at radius 1 is 1.28 bits per heavy atom. The van der Waals surface area contributed by atoms with Crippen molar-refractivity contribution < 1.29 is 23.4 Å². The maximum atomic E-state index is 13.6. The van der Waals surface area contributed by atoms with Gasteiger partial charge in [0.2, 0.25) is 5.88 Å². The van der Waals surface area contributed by atoms with E-state index >= 15 is 0 Å². The number of amides is 1. The van der Waals surface area contributed by atoms with Gasteiger partial charge in [-0.15, -0.1) is 0 Å². The molecule has 1 aromatic heterocycles. The summed E-state index contributed by atoms with van der Waals surface area (Å²) in [7, 11) is 0. The molecule has 0 unspecified atom stereocenters. The Balaban J connectivity index is 1.58. The van der Waals surface area contributed by atoms with E-state index in [1.165, 1.54) is 29.3 Å². The van der Waals surface area contributed by atoms with E-state index in [-0.39, 0.29) is 12.0 Å². The Morgan fingerprint density at radius 3 is 3.04 bits per heavy atom. The molecule has 0 aliphatic carbocycles. The molecule has 2 aliphatic rings. The van der Waals surface area contributed by atoms with Crippen molar-refractivity contribution in [2.45, 2.75) is 12.5 Å². The van der Waals surface area contributed by atoms with E-state index in [4.69, 9.17) is 14.2 Å². The van der Waals surface area contributed by atoms with Crippen molar-refractivity contribution in [2.24, 2.45) is 0 Å². The summed E-state index contributed by atoms with van der Waals surface area (Å²) in [4.78, 5) is 18.6. The lowest BCUT2D eigenvalue weighted by Crippen LogP contribution is -2.38. The summed E-state index contributed by atoms with van der Waals surface area (Å²) in [6.07, 6.45) is 2.29. The van der Waals surface area contributed by atoms with Crippen LogP contribution in [0.15, 0.2) is 36.5 Å². The van der Waals surface area contributed by atoms with Crippen LogP contribution in [0, 0.1) is 5.82 Å². The molecule has 130 valence electrons. The van der Waals surface area contributed by atoms with Crippen molar-refractivity contribution in [3.8, 4) is 11.6 Å². The third kappa shape index (κ3) is 3.28. The summed E-state index contributed by atoms with van der Waals surface area (Å²) in [5.74, 6) is 0.218. The van der Waals surface area contributed by atoms with Crippen LogP contribution in [0.2, 0.25) is 0 Å². The van der Waals surface area contributed by atoms with Gasteiger partial charge in [0, 0.05) is 30.3 Å². The van der Waals surface area contributed by atoms with E-state index in [1.807, 2.05) is 0 Å². The number of hydrogen-bond acceptors (Lipinski definition) is 5. The number of ether oxygens (including phenoxy) is 3. The maximum Gasteiger partial charge on any atom is 0.258 e. The van der Waals surface area contributed by atoms with Gasteiger partial charge in [-0.3, -0.25) is 4.79 Å². The molecule has 25 heavy (non-hydrogen) atoms. The average Bonchev–Trinajstić information content (AvgIpc) is 3.14. The monoisotopic (exact) mass is 344 g/mol. The van der Waals surface area contributed by atoms with Crippen molar-refractivity contribution in [1.29, 1.82) is 0 Å². The fourth-order valence-corrected chi connectivity index (χ4v) is 2.94. The fraction of sp³-hybridized carbons (Fsp3) is 0.333. The second kappa shape index (κ2) is 6.68. The molecule has 1 amide bonds. The average molecular weight is 344 g/mol. The fourth-order valence-electron chi connectivity index (χ4n) is 2.94. The Kier molecular flexibility index (Phi) is 4.23. The molecule has 1 fully saturated rings. The molecular weight excluding hydrogens is 327 g/mol. The van der Waals surface area contributed by atoms with E-state index in [0.29, 0.717) is 49.2 Å². The van der Waals surface area contributed by atoms with E-state index in [2.05, 4.69) is 4.98 Å². The number of benzene rings is 1. The number of anilines is 1. The first kappa shape index (κ1) is 15.8. The second-order valence-electron chi connectivity index (χ2n) is 5.90. The number of halogens is 1. The van der Waals surface area contributed by atoms with Crippen LogP contribution in [0.5, 0.6) is 11.6 Å². The molecule has 7 heteroatoms. The third-order valence-corrected chi connectivity index (χ3v) is 4.19. The molecule has 4 rings (SSSR count). The van der Waals surface area contributed by atoms with E-state index in [0.717, 1.165) is 6.42 Å². The normalized spacial score (nSPS) is 19.2. The minimum absolute atomic E-state index is 0.0453. The molecule has 0 bridgehead atoms. The number of hydrogen-bond donors (Lipinski definition) is 0. The highest BCUT2D eigenvalue weighted by Crippen LogP contribution is 2.33. The Hall–Kier alpha value is -2.67. The van der Waals surface area contributed by atoms with Crippen molar-refractivity contribution in [2.75, 3.05) is 31.3 Å². The third-order valence-electron chi connectivity index (χ3n) is 4.19. The topological polar surface area (TPSA) is 60.9 Å². The van der Waals surface area contributed by atoms with Gasteiger partial charge in [0.25, 0.3) is 5.91 Å². The van der Waals surface area contributed by atoms with Crippen LogP contribution >= 0.6 is 0 Å². The summed E-state index contributed by atoms with van der Waals surface area (Å²) in [6.45, 7) is 1.90. The Bertz CT molecular complexity index is 792. The summed E-state index contributed by atoms with van der Waals surface area (Å²) < 4.78 is 30.1. The SMILES string of the molecule is O=C(c1ccnc(O[C@@H]2CCOC2)c1)N1CCOc2ccc(F)cc21. The highest BCUT2D eigenvalue weighted by molar-refractivity contribution is 6.07. The van der Waals surface area contributed by atoms with Gasteiger partial charge in [0.1, 0.15) is 24.3 Å². The van der Waals surface area contributed by atoms with Gasteiger partial charge in [-0.25, -0.2) is 9.37 Å². The van der Waals surface area contributed by atoms with Crippen LogP contribution in [-0.4, -0.2) is 43.4 Å². The van der Waals surface area contributed by atoms with Crippen LogP contribution in [-0.2, 0) is 4.74 Å². The molecular formula is C18H17FN2O4. The first-order valence-corrected chi connectivity index (χ1v) is 8.15. The smallest absolute Gasteiger partial charge is 0.258 e. The number of fused-ring (bicyclic) bond motifs is 1. The van der Waals surface area contributed by atoms with E-state index < -0.39 is 5.82 Å². The molecule has 1 saturated heterocycles. The molecule has 1 aromatic carbocycles. The van der Waals surface area contributed by atoms with E-state index in [9.17, 15) is 9.18 Å². The molecule has 1 atom stereocenters. The highest BCUT2D eigenvalue weighted by atomic mass is 19.1. The number of nitrogens with zero attached hydrogens (tertiary/aromatic N) is 2. The van der Waals surface area contributed by atoms with Gasteiger partial charge >= 0.3 is 0 Å². The minimum Gasteiger partial charge on any atom is -0.490 e. The van der Waals surface area contributed by atoms with Crippen LogP contribution in [0.1, 0.15) is 16.8 Å². The van der Waals surface area contributed by atoms with Gasteiger partial charge in [-0.05, 0) is 18.2 Å². The summed E-state index contributed by atoms with van der Waals surface area (Å²) in [5, 5.41) is 0. The lowest BCUT2D eigenvalue weighted by molar-refractivity contribution is 0.0975. The van der Waals surface area contributed by atoms with Gasteiger partial charge in [0.15, 0.2) is 0 Å². The number of carbonyl (C=O) groups excluding carboxylic acids is 1.